The van der Waals surface area contributed by atoms with E-state index in [-0.39, 0.29) is 50.7 Å². The number of unbranched alkanes of at least 4 members (excludes halogenated alkanes) is 6. The van der Waals surface area contributed by atoms with E-state index in [1.165, 1.54) is 50.3 Å². The molecule has 0 saturated carbocycles. The molecular weight excluding hydrogens is 296 g/mol. The monoisotopic (exact) mass is 312 g/mol. The van der Waals surface area contributed by atoms with Crippen molar-refractivity contribution in [1.82, 2.24) is 0 Å². The molecule has 0 atom stereocenters. The van der Waals surface area contributed by atoms with E-state index in [1.807, 2.05) is 0 Å². The van der Waals surface area contributed by atoms with E-state index < -0.39 is 0 Å². The Morgan fingerprint density at radius 3 is 1.62 bits per heavy atom. The summed E-state index contributed by atoms with van der Waals surface area (Å²) in [6.07, 6.45) is 9.87. The maximum Gasteiger partial charge on any atom is 1.00 e. The van der Waals surface area contributed by atoms with Crippen molar-refractivity contribution in [2.75, 3.05) is 5.33 Å². The Labute approximate surface area is 123 Å². The smallest absolute Gasteiger partial charge is 1.00 e. The maximum absolute atomic E-state index is 3.43. The van der Waals surface area contributed by atoms with Crippen molar-refractivity contribution in [3.63, 3.8) is 0 Å². The first kappa shape index (κ1) is 24.3. The number of halogens is 2. The minimum atomic E-state index is 0. The van der Waals surface area contributed by atoms with Crippen LogP contribution in [0.15, 0.2) is 0 Å². The van der Waals surface area contributed by atoms with Gasteiger partial charge in [-0.15, -0.1) is 0 Å². The predicted octanol–water partition coefficient (Wildman–Crippen LogP) is -1.86. The van der Waals surface area contributed by atoms with E-state index in [9.17, 15) is 0 Å². The van der Waals surface area contributed by atoms with E-state index in [1.54, 1.807) is 0 Å². The summed E-state index contributed by atoms with van der Waals surface area (Å²) in [7, 11) is 0. The van der Waals surface area contributed by atoms with Crippen molar-refractivity contribution < 1.29 is 50.7 Å². The normalized spacial score (nSPS) is 7.85. The molecule has 0 aliphatic rings. The molecule has 0 aliphatic carbocycles. The van der Waals surface area contributed by atoms with Crippen molar-refractivity contribution in [2.24, 2.45) is 0 Å². The molecule has 0 N–H and O–H groups in total. The Kier molecular flexibility index (Phi) is 44.2. The van der Waals surface area contributed by atoms with Gasteiger partial charge in [0.15, 0.2) is 0 Å². The molecule has 0 amide bonds. The van der Waals surface area contributed by atoms with Crippen molar-refractivity contribution >= 4 is 15.9 Å². The Morgan fingerprint density at radius 1 is 0.846 bits per heavy atom. The van der Waals surface area contributed by atoms with Gasteiger partial charge in [0.25, 0.3) is 0 Å². The van der Waals surface area contributed by atoms with Gasteiger partial charge < -0.3 is 12.4 Å². The van der Waals surface area contributed by atoms with Crippen LogP contribution in [0.2, 0.25) is 0 Å². The minimum Gasteiger partial charge on any atom is -1.00 e. The molecule has 0 saturated heterocycles. The van der Waals surface area contributed by atoms with E-state index in [0.717, 1.165) is 0 Å². The molecule has 72 valence electrons. The van der Waals surface area contributed by atoms with Gasteiger partial charge >= 0.3 is 18.9 Å². The molecule has 0 heterocycles. The third kappa shape index (κ3) is 24.9. The molecule has 13 heavy (non-hydrogen) atoms. The van der Waals surface area contributed by atoms with Crippen molar-refractivity contribution in [3.8, 4) is 0 Å². The molecule has 0 rings (SSSR count). The molecule has 0 aliphatic heterocycles. The predicted molar refractivity (Wildman–Crippen MR) is 51.8 cm³/mol. The summed E-state index contributed by atoms with van der Waals surface area (Å²) in [5, 5.41) is 1.18. The van der Waals surface area contributed by atoms with Crippen LogP contribution < -0.4 is 31.3 Å². The zero-order valence-corrected chi connectivity index (χ0v) is 14.4. The van der Waals surface area contributed by atoms with Crippen LogP contribution in [0.5, 0.6) is 0 Å². The number of hydrogen-bond donors (Lipinski definition) is 0. The van der Waals surface area contributed by atoms with Crippen LogP contribution in [0.1, 0.15) is 51.9 Å². The fourth-order valence-electron chi connectivity index (χ4n) is 1.05. The van der Waals surface area contributed by atoms with E-state index >= 15 is 0 Å². The molecule has 0 aromatic heterocycles. The molecule has 4 heteroatoms. The third-order valence-electron chi connectivity index (χ3n) is 1.74. The van der Waals surface area contributed by atoms with Gasteiger partial charge in [-0.3, -0.25) is 0 Å². The van der Waals surface area contributed by atoms with Gasteiger partial charge in [-0.1, -0.05) is 61.4 Å². The molecule has 0 bridgehead atoms. The molecule has 0 aromatic carbocycles. The van der Waals surface area contributed by atoms with Crippen LogP contribution >= 0.6 is 15.9 Å². The Morgan fingerprint density at radius 2 is 1.23 bits per heavy atom. The standard InChI is InChI=1S/C9H19Br.ClH.Li.Zn/c1-2-3-4-5-6-7-8-9-10;;;/h2-9H2,1H3;1H;;/q;;+1;/p-1. The fraction of sp³-hybridized carbons (Fsp3) is 1.00. The average molecular weight is 315 g/mol. The van der Waals surface area contributed by atoms with Crippen LogP contribution in [0.4, 0.5) is 0 Å². The Balaban J connectivity index is -0.000000135. The first-order valence-electron chi connectivity index (χ1n) is 4.47. The van der Waals surface area contributed by atoms with Crippen LogP contribution in [0.3, 0.4) is 0 Å². The second-order valence-corrected chi connectivity index (χ2v) is 3.60. The van der Waals surface area contributed by atoms with Crippen LogP contribution in [0.25, 0.3) is 0 Å². The van der Waals surface area contributed by atoms with Crippen LogP contribution in [0, 0.1) is 0 Å². The number of alkyl halides is 1. The molecule has 0 nitrogen and oxygen atoms in total. The maximum atomic E-state index is 3.43. The summed E-state index contributed by atoms with van der Waals surface area (Å²) < 4.78 is 0. The Bertz CT molecular complexity index is 59.6. The van der Waals surface area contributed by atoms with Gasteiger partial charge in [-0.05, 0) is 6.42 Å². The summed E-state index contributed by atoms with van der Waals surface area (Å²) in [5.74, 6) is 0. The van der Waals surface area contributed by atoms with Crippen molar-refractivity contribution in [2.45, 2.75) is 51.9 Å². The summed E-state index contributed by atoms with van der Waals surface area (Å²) in [6, 6.07) is 0. The minimum absolute atomic E-state index is 0. The van der Waals surface area contributed by atoms with E-state index in [0.29, 0.717) is 0 Å². The first-order chi connectivity index (χ1) is 4.91. The first-order valence-corrected chi connectivity index (χ1v) is 5.60. The van der Waals surface area contributed by atoms with Gasteiger partial charge in [-0.2, -0.15) is 0 Å². The Hall–Kier alpha value is 1.99. The second-order valence-electron chi connectivity index (χ2n) is 2.81. The van der Waals surface area contributed by atoms with Crippen molar-refractivity contribution in [3.05, 3.63) is 0 Å². The number of hydrogen-bond acceptors (Lipinski definition) is 0. The van der Waals surface area contributed by atoms with Gasteiger partial charge in [-0.25, -0.2) is 0 Å². The molecule has 0 unspecified atom stereocenters. The van der Waals surface area contributed by atoms with Crippen molar-refractivity contribution in [1.29, 1.82) is 0 Å². The topological polar surface area (TPSA) is 0 Å². The molecule has 0 radical (unpaired) electrons. The molecule has 0 spiro atoms. The second kappa shape index (κ2) is 23.7. The fourth-order valence-corrected chi connectivity index (χ4v) is 1.45. The zero-order chi connectivity index (χ0) is 7.66. The largest absolute Gasteiger partial charge is 1.00 e. The SMILES string of the molecule is CCCCCCCCCBr.[Cl-].[Li+].[Zn]. The average Bonchev–Trinajstić information content (AvgIpc) is 1.97. The van der Waals surface area contributed by atoms with Crippen LogP contribution in [-0.4, -0.2) is 5.33 Å². The van der Waals surface area contributed by atoms with Gasteiger partial charge in [0.1, 0.15) is 0 Å². The summed E-state index contributed by atoms with van der Waals surface area (Å²) >= 11 is 3.43. The molecular formula is C9H19BrClLiZn. The summed E-state index contributed by atoms with van der Waals surface area (Å²) in [5.41, 5.74) is 0. The van der Waals surface area contributed by atoms with Gasteiger partial charge in [0.2, 0.25) is 0 Å². The number of rotatable bonds is 7. The van der Waals surface area contributed by atoms with E-state index in [2.05, 4.69) is 22.9 Å². The van der Waals surface area contributed by atoms with E-state index in [4.69, 9.17) is 0 Å². The molecule has 0 aromatic rings. The third-order valence-corrected chi connectivity index (χ3v) is 2.30. The summed E-state index contributed by atoms with van der Waals surface area (Å²) in [6.45, 7) is 2.26. The quantitative estimate of drug-likeness (QED) is 0.294. The molecule has 0 fully saturated rings. The summed E-state index contributed by atoms with van der Waals surface area (Å²) in [4.78, 5) is 0. The zero-order valence-electron chi connectivity index (χ0n) is 9.12. The van der Waals surface area contributed by atoms with Crippen LogP contribution in [-0.2, 0) is 19.5 Å². The van der Waals surface area contributed by atoms with Gasteiger partial charge in [0.05, 0.1) is 0 Å². The van der Waals surface area contributed by atoms with Gasteiger partial charge in [0, 0.05) is 24.8 Å².